The maximum atomic E-state index is 12.3. The van der Waals surface area contributed by atoms with Gasteiger partial charge in [0, 0.05) is 35.8 Å². The second kappa shape index (κ2) is 3.89. The van der Waals surface area contributed by atoms with Gasteiger partial charge in [-0.05, 0) is 24.6 Å². The molecule has 1 aromatic carbocycles. The van der Waals surface area contributed by atoms with E-state index in [0.717, 1.165) is 10.9 Å². The van der Waals surface area contributed by atoms with Crippen LogP contribution in [0, 0.1) is 0 Å². The summed E-state index contributed by atoms with van der Waals surface area (Å²) in [7, 11) is 0. The van der Waals surface area contributed by atoms with Gasteiger partial charge in [0.05, 0.1) is 6.10 Å². The summed E-state index contributed by atoms with van der Waals surface area (Å²) in [6.45, 7) is 1.08. The van der Waals surface area contributed by atoms with Crippen LogP contribution in [0.5, 0.6) is 0 Å². The van der Waals surface area contributed by atoms with Gasteiger partial charge in [-0.3, -0.25) is 4.79 Å². The van der Waals surface area contributed by atoms with Gasteiger partial charge in [-0.15, -0.1) is 0 Å². The highest BCUT2D eigenvalue weighted by atomic mass is 16.3. The Labute approximate surface area is 98.9 Å². The summed E-state index contributed by atoms with van der Waals surface area (Å²) in [6, 6.07) is 7.57. The summed E-state index contributed by atoms with van der Waals surface area (Å²) >= 11 is 0. The molecule has 1 aliphatic heterocycles. The first-order valence-electron chi connectivity index (χ1n) is 5.79. The zero-order chi connectivity index (χ0) is 11.8. The van der Waals surface area contributed by atoms with Crippen LogP contribution in [0.25, 0.3) is 10.9 Å². The summed E-state index contributed by atoms with van der Waals surface area (Å²) in [4.78, 5) is 17.1. The monoisotopic (exact) mass is 230 g/mol. The average molecular weight is 230 g/mol. The van der Waals surface area contributed by atoms with E-state index in [1.54, 1.807) is 4.90 Å². The van der Waals surface area contributed by atoms with Crippen LogP contribution < -0.4 is 0 Å². The first kappa shape index (κ1) is 10.4. The number of H-pyrrole nitrogens is 1. The van der Waals surface area contributed by atoms with Crippen molar-refractivity contribution in [1.29, 1.82) is 0 Å². The molecule has 2 aromatic rings. The van der Waals surface area contributed by atoms with Crippen LogP contribution in [0.15, 0.2) is 30.5 Å². The topological polar surface area (TPSA) is 56.3 Å². The molecule has 0 bridgehead atoms. The maximum absolute atomic E-state index is 12.3. The third kappa shape index (κ3) is 1.70. The number of aliphatic hydroxyl groups excluding tert-OH is 1. The molecule has 1 saturated heterocycles. The van der Waals surface area contributed by atoms with Gasteiger partial charge in [-0.25, -0.2) is 0 Å². The van der Waals surface area contributed by atoms with E-state index in [2.05, 4.69) is 4.98 Å². The number of aliphatic hydroxyl groups is 1. The van der Waals surface area contributed by atoms with E-state index in [9.17, 15) is 9.90 Å². The van der Waals surface area contributed by atoms with E-state index in [0.29, 0.717) is 25.1 Å². The second-order valence-electron chi connectivity index (χ2n) is 4.44. The molecule has 88 valence electrons. The Hall–Kier alpha value is -1.81. The van der Waals surface area contributed by atoms with Crippen molar-refractivity contribution in [3.05, 3.63) is 36.0 Å². The molecule has 0 aliphatic carbocycles. The molecular weight excluding hydrogens is 216 g/mol. The second-order valence-corrected chi connectivity index (χ2v) is 4.44. The Morgan fingerprint density at radius 3 is 3.06 bits per heavy atom. The number of likely N-dealkylation sites (tertiary alicyclic amines) is 1. The number of carbonyl (C=O) groups excluding carboxylic acids is 1. The van der Waals surface area contributed by atoms with E-state index in [1.165, 1.54) is 0 Å². The Morgan fingerprint density at radius 1 is 1.41 bits per heavy atom. The number of fused-ring (bicyclic) bond motifs is 1. The highest BCUT2D eigenvalue weighted by Crippen LogP contribution is 2.21. The average Bonchev–Trinajstić information content (AvgIpc) is 2.95. The quantitative estimate of drug-likeness (QED) is 0.777. The van der Waals surface area contributed by atoms with E-state index in [1.807, 2.05) is 30.5 Å². The molecule has 0 saturated carbocycles. The SMILES string of the molecule is O=C(c1cccc2[nH]ccc12)N1CC[C@H](O)C1. The zero-order valence-corrected chi connectivity index (χ0v) is 9.39. The number of aromatic amines is 1. The molecule has 4 heteroatoms. The van der Waals surface area contributed by atoms with Gasteiger partial charge in [0.2, 0.25) is 0 Å². The summed E-state index contributed by atoms with van der Waals surface area (Å²) in [6.07, 6.45) is 2.14. The van der Waals surface area contributed by atoms with Crippen LogP contribution in [-0.4, -0.2) is 40.1 Å². The van der Waals surface area contributed by atoms with Crippen LogP contribution in [-0.2, 0) is 0 Å². The number of hydrogen-bond donors (Lipinski definition) is 2. The summed E-state index contributed by atoms with van der Waals surface area (Å²) in [5.74, 6) is 0.00625. The van der Waals surface area contributed by atoms with Crippen LogP contribution >= 0.6 is 0 Å². The Balaban J connectivity index is 1.98. The van der Waals surface area contributed by atoms with Gasteiger partial charge in [0.1, 0.15) is 0 Å². The highest BCUT2D eigenvalue weighted by Gasteiger charge is 2.26. The highest BCUT2D eigenvalue weighted by molar-refractivity contribution is 6.06. The number of benzene rings is 1. The molecule has 0 spiro atoms. The molecule has 1 amide bonds. The molecule has 1 fully saturated rings. The number of amides is 1. The summed E-state index contributed by atoms with van der Waals surface area (Å²) in [5.41, 5.74) is 1.67. The predicted molar refractivity (Wildman–Crippen MR) is 64.8 cm³/mol. The maximum Gasteiger partial charge on any atom is 0.254 e. The van der Waals surface area contributed by atoms with Crippen molar-refractivity contribution < 1.29 is 9.90 Å². The molecule has 2 N–H and O–H groups in total. The standard InChI is InChI=1S/C13H14N2O2/c16-9-5-7-15(8-9)13(17)11-2-1-3-12-10(11)4-6-14-12/h1-4,6,9,14,16H,5,7-8H2/t9-/m0/s1. The molecular formula is C13H14N2O2. The Bertz CT molecular complexity index is 561. The number of nitrogens with one attached hydrogen (secondary N) is 1. The van der Waals surface area contributed by atoms with Gasteiger partial charge in [0.25, 0.3) is 5.91 Å². The molecule has 17 heavy (non-hydrogen) atoms. The fourth-order valence-electron chi connectivity index (χ4n) is 2.37. The van der Waals surface area contributed by atoms with Gasteiger partial charge >= 0.3 is 0 Å². The molecule has 1 aliphatic rings. The summed E-state index contributed by atoms with van der Waals surface area (Å²) in [5, 5.41) is 10.4. The Kier molecular flexibility index (Phi) is 2.37. The molecule has 1 aromatic heterocycles. The van der Waals surface area contributed by atoms with Crippen LogP contribution in [0.2, 0.25) is 0 Å². The number of rotatable bonds is 1. The van der Waals surface area contributed by atoms with Crippen molar-refractivity contribution in [2.45, 2.75) is 12.5 Å². The van der Waals surface area contributed by atoms with E-state index < -0.39 is 0 Å². The van der Waals surface area contributed by atoms with Gasteiger partial charge < -0.3 is 15.0 Å². The Morgan fingerprint density at radius 2 is 2.29 bits per heavy atom. The lowest BCUT2D eigenvalue weighted by molar-refractivity contribution is 0.0767. The number of nitrogens with zero attached hydrogens (tertiary/aromatic N) is 1. The fraction of sp³-hybridized carbons (Fsp3) is 0.308. The lowest BCUT2D eigenvalue weighted by Crippen LogP contribution is -2.29. The lowest BCUT2D eigenvalue weighted by atomic mass is 10.1. The van der Waals surface area contributed by atoms with Crippen molar-refractivity contribution in [3.63, 3.8) is 0 Å². The minimum Gasteiger partial charge on any atom is -0.391 e. The van der Waals surface area contributed by atoms with Gasteiger partial charge in [-0.2, -0.15) is 0 Å². The summed E-state index contributed by atoms with van der Waals surface area (Å²) < 4.78 is 0. The normalized spacial score (nSPS) is 20.1. The molecule has 4 nitrogen and oxygen atoms in total. The molecule has 0 radical (unpaired) electrons. The van der Waals surface area contributed by atoms with Crippen molar-refractivity contribution in [3.8, 4) is 0 Å². The van der Waals surface area contributed by atoms with Crippen molar-refractivity contribution >= 4 is 16.8 Å². The number of carbonyl (C=O) groups is 1. The van der Waals surface area contributed by atoms with Crippen LogP contribution in [0.1, 0.15) is 16.8 Å². The molecule has 2 heterocycles. The fourth-order valence-corrected chi connectivity index (χ4v) is 2.37. The van der Waals surface area contributed by atoms with Crippen molar-refractivity contribution in [1.82, 2.24) is 9.88 Å². The molecule has 1 atom stereocenters. The number of aromatic nitrogens is 1. The predicted octanol–water partition coefficient (Wildman–Crippen LogP) is 1.37. The van der Waals surface area contributed by atoms with Gasteiger partial charge in [-0.1, -0.05) is 6.07 Å². The number of β-amino-alcohol motifs (C(OH)–C–C–N with tert-alkyl or cyclic N) is 1. The molecule has 3 rings (SSSR count). The largest absolute Gasteiger partial charge is 0.391 e. The van der Waals surface area contributed by atoms with E-state index in [-0.39, 0.29) is 12.0 Å². The smallest absolute Gasteiger partial charge is 0.254 e. The van der Waals surface area contributed by atoms with Gasteiger partial charge in [0.15, 0.2) is 0 Å². The third-order valence-corrected chi connectivity index (χ3v) is 3.28. The van der Waals surface area contributed by atoms with E-state index >= 15 is 0 Å². The van der Waals surface area contributed by atoms with E-state index in [4.69, 9.17) is 0 Å². The number of hydrogen-bond acceptors (Lipinski definition) is 2. The third-order valence-electron chi connectivity index (χ3n) is 3.28. The minimum absolute atomic E-state index is 0.00625. The van der Waals surface area contributed by atoms with Crippen molar-refractivity contribution in [2.75, 3.05) is 13.1 Å². The minimum atomic E-state index is -0.371. The first-order chi connectivity index (χ1) is 8.25. The first-order valence-corrected chi connectivity index (χ1v) is 5.79. The van der Waals surface area contributed by atoms with Crippen LogP contribution in [0.3, 0.4) is 0 Å². The van der Waals surface area contributed by atoms with Crippen molar-refractivity contribution in [2.24, 2.45) is 0 Å². The van der Waals surface area contributed by atoms with Crippen LogP contribution in [0.4, 0.5) is 0 Å². The lowest BCUT2D eigenvalue weighted by Gasteiger charge is -2.16. The zero-order valence-electron chi connectivity index (χ0n) is 9.39. The molecule has 0 unspecified atom stereocenters.